The fourth-order valence-electron chi connectivity index (χ4n) is 2.44. The molecule has 0 radical (unpaired) electrons. The minimum absolute atomic E-state index is 0.569. The van der Waals surface area contributed by atoms with Gasteiger partial charge in [0.2, 0.25) is 0 Å². The fourth-order valence-corrected chi connectivity index (χ4v) is 2.44. The van der Waals surface area contributed by atoms with Crippen LogP contribution in [-0.2, 0) is 12.6 Å². The molecule has 2 aromatic rings. The van der Waals surface area contributed by atoms with Gasteiger partial charge in [-0.05, 0) is 67.6 Å². The quantitative estimate of drug-likeness (QED) is 0.324. The first-order valence-electron chi connectivity index (χ1n) is 8.38. The molecule has 0 amide bonds. The molecule has 0 aromatic heterocycles. The van der Waals surface area contributed by atoms with Crippen molar-refractivity contribution in [2.24, 2.45) is 0 Å². The molecular formula is C22H21F3. The van der Waals surface area contributed by atoms with Crippen LogP contribution in [0.5, 0.6) is 0 Å². The summed E-state index contributed by atoms with van der Waals surface area (Å²) in [6.45, 7) is 3.72. The van der Waals surface area contributed by atoms with Crippen LogP contribution < -0.4 is 0 Å². The van der Waals surface area contributed by atoms with Crippen molar-refractivity contribution in [1.82, 2.24) is 0 Å². The highest BCUT2D eigenvalue weighted by Gasteiger charge is 2.29. The van der Waals surface area contributed by atoms with Gasteiger partial charge in [0.15, 0.2) is 0 Å². The lowest BCUT2D eigenvalue weighted by atomic mass is 10.0. The third-order valence-corrected chi connectivity index (χ3v) is 3.89. The number of aryl methyl sites for hydroxylation is 1. The Morgan fingerprint density at radius 3 is 1.88 bits per heavy atom. The van der Waals surface area contributed by atoms with Gasteiger partial charge in [0, 0.05) is 11.1 Å². The summed E-state index contributed by atoms with van der Waals surface area (Å²) in [4.78, 5) is 0. The molecule has 130 valence electrons. The number of allylic oxidation sites excluding steroid dienone is 1. The van der Waals surface area contributed by atoms with E-state index in [-0.39, 0.29) is 0 Å². The van der Waals surface area contributed by atoms with Gasteiger partial charge in [-0.3, -0.25) is 0 Å². The Kier molecular flexibility index (Phi) is 6.89. The van der Waals surface area contributed by atoms with Crippen molar-refractivity contribution in [3.63, 3.8) is 0 Å². The standard InChI is InChI=1S/C22H21F3/c1-2-3-4-5-6-7-18-8-10-19(11-9-18)12-13-20-14-16-21(17-15-20)22(23,24)25/h2,8-11,14-17H,1,3-7H2. The molecule has 0 heterocycles. The molecule has 0 unspecified atom stereocenters. The molecule has 0 bridgehead atoms. The lowest BCUT2D eigenvalue weighted by Gasteiger charge is -2.05. The van der Waals surface area contributed by atoms with E-state index in [2.05, 4.69) is 30.6 Å². The van der Waals surface area contributed by atoms with E-state index in [4.69, 9.17) is 0 Å². The number of hydrogen-bond donors (Lipinski definition) is 0. The second kappa shape index (κ2) is 9.13. The van der Waals surface area contributed by atoms with E-state index in [1.165, 1.54) is 30.5 Å². The van der Waals surface area contributed by atoms with Gasteiger partial charge in [0.1, 0.15) is 0 Å². The van der Waals surface area contributed by atoms with Gasteiger partial charge in [-0.15, -0.1) is 6.58 Å². The lowest BCUT2D eigenvalue weighted by Crippen LogP contribution is -2.04. The summed E-state index contributed by atoms with van der Waals surface area (Å²) in [6, 6.07) is 12.9. The summed E-state index contributed by atoms with van der Waals surface area (Å²) in [6.07, 6.45) is 3.28. The zero-order chi connectivity index (χ0) is 18.1. The minimum Gasteiger partial charge on any atom is -0.166 e. The third-order valence-electron chi connectivity index (χ3n) is 3.89. The minimum atomic E-state index is -4.31. The molecule has 0 atom stereocenters. The van der Waals surface area contributed by atoms with Crippen LogP contribution in [0.2, 0.25) is 0 Å². The second-order valence-corrected chi connectivity index (χ2v) is 5.91. The van der Waals surface area contributed by atoms with Crippen LogP contribution in [0.3, 0.4) is 0 Å². The summed E-state index contributed by atoms with van der Waals surface area (Å²) in [7, 11) is 0. The number of benzene rings is 2. The zero-order valence-corrected chi connectivity index (χ0v) is 14.1. The van der Waals surface area contributed by atoms with Gasteiger partial charge in [-0.2, -0.15) is 13.2 Å². The summed E-state index contributed by atoms with van der Waals surface area (Å²) < 4.78 is 37.6. The van der Waals surface area contributed by atoms with Gasteiger partial charge in [0.25, 0.3) is 0 Å². The van der Waals surface area contributed by atoms with Crippen molar-refractivity contribution in [1.29, 1.82) is 0 Å². The Balaban J connectivity index is 1.91. The number of unbranched alkanes of at least 4 members (excludes halogenated alkanes) is 3. The Morgan fingerprint density at radius 1 is 0.800 bits per heavy atom. The van der Waals surface area contributed by atoms with E-state index < -0.39 is 11.7 Å². The number of rotatable bonds is 6. The molecule has 0 spiro atoms. The third kappa shape index (κ3) is 6.51. The molecule has 0 aliphatic carbocycles. The van der Waals surface area contributed by atoms with E-state index in [1.807, 2.05) is 18.2 Å². The zero-order valence-electron chi connectivity index (χ0n) is 14.1. The van der Waals surface area contributed by atoms with Gasteiger partial charge < -0.3 is 0 Å². The lowest BCUT2D eigenvalue weighted by molar-refractivity contribution is -0.137. The summed E-state index contributed by atoms with van der Waals surface area (Å²) in [5.41, 5.74) is 2.05. The highest BCUT2D eigenvalue weighted by molar-refractivity contribution is 5.44. The molecule has 0 aliphatic heterocycles. The molecule has 0 nitrogen and oxygen atoms in total. The van der Waals surface area contributed by atoms with Crippen molar-refractivity contribution in [2.75, 3.05) is 0 Å². The average Bonchev–Trinajstić information content (AvgIpc) is 2.60. The van der Waals surface area contributed by atoms with Crippen LogP contribution in [0.25, 0.3) is 0 Å². The van der Waals surface area contributed by atoms with Crippen LogP contribution in [0.1, 0.15) is 47.9 Å². The molecule has 0 saturated carbocycles. The molecule has 3 heteroatoms. The maximum Gasteiger partial charge on any atom is 0.416 e. The summed E-state index contributed by atoms with van der Waals surface area (Å²) >= 11 is 0. The van der Waals surface area contributed by atoms with Gasteiger partial charge in [-0.25, -0.2) is 0 Å². The van der Waals surface area contributed by atoms with Crippen molar-refractivity contribution in [3.8, 4) is 11.8 Å². The van der Waals surface area contributed by atoms with Crippen LogP contribution in [-0.4, -0.2) is 0 Å². The Bertz CT molecular complexity index is 726. The summed E-state index contributed by atoms with van der Waals surface area (Å²) in [5, 5.41) is 0. The van der Waals surface area contributed by atoms with Gasteiger partial charge in [-0.1, -0.05) is 36.5 Å². The van der Waals surface area contributed by atoms with E-state index in [0.717, 1.165) is 37.0 Å². The first-order valence-corrected chi connectivity index (χ1v) is 8.38. The van der Waals surface area contributed by atoms with Crippen molar-refractivity contribution in [2.45, 2.75) is 38.3 Å². The van der Waals surface area contributed by atoms with E-state index in [9.17, 15) is 13.2 Å². The average molecular weight is 342 g/mol. The molecular weight excluding hydrogens is 321 g/mol. The second-order valence-electron chi connectivity index (χ2n) is 5.91. The molecule has 2 aromatic carbocycles. The van der Waals surface area contributed by atoms with E-state index >= 15 is 0 Å². The smallest absolute Gasteiger partial charge is 0.166 e. The normalized spacial score (nSPS) is 10.8. The molecule has 0 N–H and O–H groups in total. The molecule has 2 rings (SSSR count). The number of hydrogen-bond acceptors (Lipinski definition) is 0. The summed E-state index contributed by atoms with van der Waals surface area (Å²) in [5.74, 6) is 5.89. The van der Waals surface area contributed by atoms with Crippen LogP contribution in [0.15, 0.2) is 61.2 Å². The maximum absolute atomic E-state index is 12.5. The highest BCUT2D eigenvalue weighted by Crippen LogP contribution is 2.28. The Hall–Kier alpha value is -2.47. The van der Waals surface area contributed by atoms with E-state index in [1.54, 1.807) is 0 Å². The Morgan fingerprint density at radius 2 is 1.36 bits per heavy atom. The predicted octanol–water partition coefficient (Wildman–Crippen LogP) is 6.39. The number of alkyl halides is 3. The van der Waals surface area contributed by atoms with Crippen LogP contribution in [0, 0.1) is 11.8 Å². The van der Waals surface area contributed by atoms with Gasteiger partial charge in [0.05, 0.1) is 5.56 Å². The first kappa shape index (κ1) is 18.9. The van der Waals surface area contributed by atoms with Crippen molar-refractivity contribution in [3.05, 3.63) is 83.4 Å². The predicted molar refractivity (Wildman–Crippen MR) is 96.2 cm³/mol. The SMILES string of the molecule is C=CCCCCCc1ccc(C#Cc2ccc(C(F)(F)F)cc2)cc1. The monoisotopic (exact) mass is 342 g/mol. The van der Waals surface area contributed by atoms with Gasteiger partial charge >= 0.3 is 6.18 Å². The molecule has 0 aliphatic rings. The molecule has 0 saturated heterocycles. The van der Waals surface area contributed by atoms with Crippen LogP contribution in [0.4, 0.5) is 13.2 Å². The van der Waals surface area contributed by atoms with Crippen molar-refractivity contribution < 1.29 is 13.2 Å². The van der Waals surface area contributed by atoms with E-state index in [0.29, 0.717) is 5.56 Å². The number of halogens is 3. The topological polar surface area (TPSA) is 0 Å². The van der Waals surface area contributed by atoms with Crippen LogP contribution >= 0.6 is 0 Å². The molecule has 25 heavy (non-hydrogen) atoms. The highest BCUT2D eigenvalue weighted by atomic mass is 19.4. The first-order chi connectivity index (χ1) is 12.0. The molecule has 0 fully saturated rings. The maximum atomic E-state index is 12.5. The fraction of sp³-hybridized carbons (Fsp3) is 0.273. The van der Waals surface area contributed by atoms with Crippen molar-refractivity contribution >= 4 is 0 Å². The Labute approximate surface area is 147 Å². The largest absolute Gasteiger partial charge is 0.416 e.